The summed E-state index contributed by atoms with van der Waals surface area (Å²) in [5, 5.41) is 0. The van der Waals surface area contributed by atoms with Crippen molar-refractivity contribution in [2.45, 2.75) is 162 Å². The Morgan fingerprint density at radius 3 is 1.32 bits per heavy atom. The minimum atomic E-state index is -0.0710. The second-order valence-electron chi connectivity index (χ2n) is 10.3. The van der Waals surface area contributed by atoms with E-state index in [0.29, 0.717) is 5.92 Å². The van der Waals surface area contributed by atoms with Gasteiger partial charge in [0.1, 0.15) is 0 Å². The second-order valence-corrected chi connectivity index (χ2v) is 11.1. The molecule has 0 rings (SSSR count). The number of halogens is 1. The topological polar surface area (TPSA) is 0 Å². The van der Waals surface area contributed by atoms with Crippen LogP contribution in [-0.4, -0.2) is 4.87 Å². The molecule has 2 atom stereocenters. The van der Waals surface area contributed by atoms with Crippen molar-refractivity contribution in [3.05, 3.63) is 0 Å². The lowest BCUT2D eigenvalue weighted by Crippen LogP contribution is -2.41. The van der Waals surface area contributed by atoms with Gasteiger partial charge in [0.2, 0.25) is 0 Å². The molecule has 1 heteroatoms. The molecule has 0 N–H and O–H groups in total. The first-order valence-corrected chi connectivity index (χ1v) is 13.4. The summed E-state index contributed by atoms with van der Waals surface area (Å²) in [6.07, 6.45) is 25.1. The number of hydrogen-bond acceptors (Lipinski definition) is 0. The van der Waals surface area contributed by atoms with Crippen LogP contribution in [0, 0.1) is 11.3 Å². The lowest BCUT2D eigenvalue weighted by molar-refractivity contribution is 0.140. The van der Waals surface area contributed by atoms with E-state index in [9.17, 15) is 0 Å². The van der Waals surface area contributed by atoms with Crippen LogP contribution in [0.4, 0.5) is 0 Å². The van der Waals surface area contributed by atoms with Gasteiger partial charge in [0.25, 0.3) is 0 Å². The van der Waals surface area contributed by atoms with Gasteiger partial charge >= 0.3 is 0 Å². The Labute approximate surface area is 185 Å². The molecule has 0 aliphatic carbocycles. The average Bonchev–Trinajstić information content (AvgIpc) is 2.66. The molecular formula is C27H55Cl. The van der Waals surface area contributed by atoms with E-state index < -0.39 is 0 Å². The molecule has 0 aromatic rings. The Hall–Kier alpha value is 0.290. The van der Waals surface area contributed by atoms with Gasteiger partial charge in [-0.25, -0.2) is 0 Å². The first-order valence-electron chi connectivity index (χ1n) is 13.0. The highest BCUT2D eigenvalue weighted by Gasteiger charge is 2.42. The molecule has 0 nitrogen and oxygen atoms in total. The van der Waals surface area contributed by atoms with Crippen LogP contribution in [0.5, 0.6) is 0 Å². The Morgan fingerprint density at radius 1 is 0.571 bits per heavy atom. The molecular weight excluding hydrogens is 360 g/mol. The zero-order valence-electron chi connectivity index (χ0n) is 20.7. The molecule has 0 amide bonds. The smallest absolute Gasteiger partial charge is 0.0472 e. The second kappa shape index (κ2) is 17.0. The van der Waals surface area contributed by atoms with Crippen LogP contribution in [0.2, 0.25) is 0 Å². The highest BCUT2D eigenvalue weighted by molar-refractivity contribution is 6.24. The summed E-state index contributed by atoms with van der Waals surface area (Å²) in [4.78, 5) is -0.0710. The van der Waals surface area contributed by atoms with Crippen molar-refractivity contribution >= 4 is 11.6 Å². The van der Waals surface area contributed by atoms with Crippen LogP contribution < -0.4 is 0 Å². The highest BCUT2D eigenvalue weighted by Crippen LogP contribution is 2.47. The SMILES string of the molecule is CCCCCCCCCCCCCCCCC(C)C(C)(C)C(C)(Cl)CCCC. The number of rotatable bonds is 20. The number of unbranched alkanes of at least 4 members (excludes halogenated alkanes) is 14. The summed E-state index contributed by atoms with van der Waals surface area (Å²) >= 11 is 6.97. The van der Waals surface area contributed by atoms with Crippen molar-refractivity contribution in [1.29, 1.82) is 0 Å². The van der Waals surface area contributed by atoms with Crippen molar-refractivity contribution in [2.75, 3.05) is 0 Å². The summed E-state index contributed by atoms with van der Waals surface area (Å²) in [6, 6.07) is 0. The van der Waals surface area contributed by atoms with Crippen LogP contribution in [0.3, 0.4) is 0 Å². The molecule has 0 aromatic heterocycles. The monoisotopic (exact) mass is 414 g/mol. The van der Waals surface area contributed by atoms with E-state index in [4.69, 9.17) is 11.6 Å². The van der Waals surface area contributed by atoms with Gasteiger partial charge in [-0.1, -0.05) is 144 Å². The quantitative estimate of drug-likeness (QED) is 0.137. The molecule has 0 heterocycles. The summed E-state index contributed by atoms with van der Waals surface area (Å²) in [7, 11) is 0. The molecule has 0 saturated carbocycles. The van der Waals surface area contributed by atoms with Gasteiger partial charge in [0, 0.05) is 4.87 Å². The summed E-state index contributed by atoms with van der Waals surface area (Å²) in [6.45, 7) is 14.0. The van der Waals surface area contributed by atoms with Crippen LogP contribution in [0.1, 0.15) is 157 Å². The Bertz CT molecular complexity index is 331. The largest absolute Gasteiger partial charge is 0.119 e. The summed E-state index contributed by atoms with van der Waals surface area (Å²) in [5.41, 5.74) is 0.209. The fourth-order valence-corrected chi connectivity index (χ4v) is 4.67. The zero-order valence-corrected chi connectivity index (χ0v) is 21.4. The molecule has 0 radical (unpaired) electrons. The van der Waals surface area contributed by atoms with E-state index in [2.05, 4.69) is 41.5 Å². The lowest BCUT2D eigenvalue weighted by atomic mass is 9.67. The maximum Gasteiger partial charge on any atom is 0.0472 e. The fraction of sp³-hybridized carbons (Fsp3) is 1.00. The molecule has 0 aliphatic rings. The maximum absolute atomic E-state index is 6.97. The summed E-state index contributed by atoms with van der Waals surface area (Å²) in [5.74, 6) is 0.698. The first-order chi connectivity index (χ1) is 13.3. The van der Waals surface area contributed by atoms with Crippen LogP contribution in [-0.2, 0) is 0 Å². The fourth-order valence-electron chi connectivity index (χ4n) is 4.35. The third kappa shape index (κ3) is 12.8. The van der Waals surface area contributed by atoms with E-state index in [-0.39, 0.29) is 10.3 Å². The van der Waals surface area contributed by atoms with Gasteiger partial charge in [-0.15, -0.1) is 11.6 Å². The van der Waals surface area contributed by atoms with Gasteiger partial charge < -0.3 is 0 Å². The third-order valence-electron chi connectivity index (χ3n) is 7.57. The van der Waals surface area contributed by atoms with E-state index in [1.54, 1.807) is 0 Å². The predicted molar refractivity (Wildman–Crippen MR) is 132 cm³/mol. The molecule has 0 fully saturated rings. The zero-order chi connectivity index (χ0) is 21.3. The molecule has 0 spiro atoms. The first kappa shape index (κ1) is 28.3. The number of hydrogen-bond donors (Lipinski definition) is 0. The summed E-state index contributed by atoms with van der Waals surface area (Å²) < 4.78 is 0. The molecule has 2 unspecified atom stereocenters. The van der Waals surface area contributed by atoms with E-state index in [1.165, 1.54) is 109 Å². The molecule has 0 aliphatic heterocycles. The van der Waals surface area contributed by atoms with Gasteiger partial charge in [0.05, 0.1) is 0 Å². The van der Waals surface area contributed by atoms with E-state index >= 15 is 0 Å². The highest BCUT2D eigenvalue weighted by atomic mass is 35.5. The lowest BCUT2D eigenvalue weighted by Gasteiger charge is -2.44. The molecule has 28 heavy (non-hydrogen) atoms. The standard InChI is InChI=1S/C27H55Cl/c1-7-9-11-12-13-14-15-16-17-18-19-20-21-22-23-25(3)26(4,5)27(6,28)24-10-8-2/h25H,7-24H2,1-6H3. The van der Waals surface area contributed by atoms with Crippen LogP contribution >= 0.6 is 11.6 Å². The molecule has 170 valence electrons. The van der Waals surface area contributed by atoms with Gasteiger partial charge in [-0.3, -0.25) is 0 Å². The van der Waals surface area contributed by atoms with Gasteiger partial charge in [-0.2, -0.15) is 0 Å². The Balaban J connectivity index is 3.62. The molecule has 0 bridgehead atoms. The van der Waals surface area contributed by atoms with Crippen molar-refractivity contribution in [2.24, 2.45) is 11.3 Å². The predicted octanol–water partition coefficient (Wildman–Crippen LogP) is 10.7. The van der Waals surface area contributed by atoms with Crippen molar-refractivity contribution in [1.82, 2.24) is 0 Å². The van der Waals surface area contributed by atoms with Crippen molar-refractivity contribution in [3.8, 4) is 0 Å². The Kier molecular flexibility index (Phi) is 17.2. The van der Waals surface area contributed by atoms with Gasteiger partial charge in [0.15, 0.2) is 0 Å². The molecule has 0 aromatic carbocycles. The van der Waals surface area contributed by atoms with Crippen molar-refractivity contribution in [3.63, 3.8) is 0 Å². The third-order valence-corrected chi connectivity index (χ3v) is 8.24. The van der Waals surface area contributed by atoms with E-state index in [0.717, 1.165) is 6.42 Å². The molecule has 0 saturated heterocycles. The van der Waals surface area contributed by atoms with Gasteiger partial charge in [-0.05, 0) is 24.7 Å². The normalized spacial score (nSPS) is 15.5. The average molecular weight is 415 g/mol. The minimum absolute atomic E-state index is 0.0710. The van der Waals surface area contributed by atoms with Crippen LogP contribution in [0.15, 0.2) is 0 Å². The maximum atomic E-state index is 6.97. The number of alkyl halides is 1. The van der Waals surface area contributed by atoms with E-state index in [1.807, 2.05) is 0 Å². The Morgan fingerprint density at radius 2 is 0.929 bits per heavy atom. The minimum Gasteiger partial charge on any atom is -0.119 e. The van der Waals surface area contributed by atoms with Crippen molar-refractivity contribution < 1.29 is 0 Å². The van der Waals surface area contributed by atoms with Crippen LogP contribution in [0.25, 0.3) is 0 Å².